The standard InChI is InChI=1S/C20H23FN2O2S/c1-17-9-10-19(21)16-20(17)26(24,25)23-14-12-22(13-15-23)11-5-8-18-6-3-2-4-7-18/h2-10,16H,11-15H2,1H3/b8-5+. The average molecular weight is 374 g/mol. The zero-order chi connectivity index (χ0) is 18.6. The van der Waals surface area contributed by atoms with Crippen LogP contribution in [0.1, 0.15) is 11.1 Å². The number of halogens is 1. The van der Waals surface area contributed by atoms with Gasteiger partial charge in [0.15, 0.2) is 0 Å². The van der Waals surface area contributed by atoms with Gasteiger partial charge in [0.1, 0.15) is 5.82 Å². The molecule has 0 radical (unpaired) electrons. The number of aryl methyl sites for hydroxylation is 1. The molecule has 0 aliphatic carbocycles. The highest BCUT2D eigenvalue weighted by atomic mass is 32.2. The molecule has 6 heteroatoms. The summed E-state index contributed by atoms with van der Waals surface area (Å²) in [6, 6.07) is 14.0. The molecule has 1 saturated heterocycles. The van der Waals surface area contributed by atoms with E-state index >= 15 is 0 Å². The van der Waals surface area contributed by atoms with E-state index in [4.69, 9.17) is 0 Å². The van der Waals surface area contributed by atoms with Gasteiger partial charge in [-0.2, -0.15) is 4.31 Å². The van der Waals surface area contributed by atoms with Gasteiger partial charge in [-0.25, -0.2) is 12.8 Å². The number of nitrogens with zero attached hydrogens (tertiary/aromatic N) is 2. The third kappa shape index (κ3) is 4.38. The number of rotatable bonds is 5. The van der Waals surface area contributed by atoms with Gasteiger partial charge < -0.3 is 0 Å². The summed E-state index contributed by atoms with van der Waals surface area (Å²) in [5.41, 5.74) is 1.72. The third-order valence-electron chi connectivity index (χ3n) is 4.57. The fraction of sp³-hybridized carbons (Fsp3) is 0.300. The molecule has 0 atom stereocenters. The van der Waals surface area contributed by atoms with Crippen molar-refractivity contribution >= 4 is 16.1 Å². The minimum atomic E-state index is -3.65. The summed E-state index contributed by atoms with van der Waals surface area (Å²) >= 11 is 0. The van der Waals surface area contributed by atoms with Crippen LogP contribution in [0.4, 0.5) is 4.39 Å². The molecule has 1 heterocycles. The number of sulfonamides is 1. The van der Waals surface area contributed by atoms with Crippen LogP contribution in [0.3, 0.4) is 0 Å². The van der Waals surface area contributed by atoms with Crippen LogP contribution in [0, 0.1) is 12.7 Å². The van der Waals surface area contributed by atoms with Gasteiger partial charge in [0.25, 0.3) is 0 Å². The Morgan fingerprint density at radius 1 is 1.04 bits per heavy atom. The van der Waals surface area contributed by atoms with Gasteiger partial charge in [-0.3, -0.25) is 4.90 Å². The molecular formula is C20H23FN2O2S. The minimum Gasteiger partial charge on any atom is -0.297 e. The van der Waals surface area contributed by atoms with Crippen LogP contribution in [-0.4, -0.2) is 50.3 Å². The zero-order valence-corrected chi connectivity index (χ0v) is 15.6. The molecule has 2 aromatic carbocycles. The van der Waals surface area contributed by atoms with Crippen molar-refractivity contribution in [2.24, 2.45) is 0 Å². The first-order valence-corrected chi connectivity index (χ1v) is 10.1. The Balaban J connectivity index is 1.59. The van der Waals surface area contributed by atoms with Crippen LogP contribution in [0.15, 0.2) is 59.5 Å². The quantitative estimate of drug-likeness (QED) is 0.807. The number of hydrogen-bond donors (Lipinski definition) is 0. The molecule has 0 spiro atoms. The van der Waals surface area contributed by atoms with Crippen LogP contribution in [-0.2, 0) is 10.0 Å². The normalized spacial score (nSPS) is 17.0. The Bertz CT molecular complexity index is 874. The van der Waals surface area contributed by atoms with Gasteiger partial charge in [0, 0.05) is 32.7 Å². The number of piperazine rings is 1. The molecule has 0 aromatic heterocycles. The van der Waals surface area contributed by atoms with Crippen LogP contribution in [0.25, 0.3) is 6.08 Å². The SMILES string of the molecule is Cc1ccc(F)cc1S(=O)(=O)N1CCN(C/C=C/c2ccccc2)CC1. The molecular weight excluding hydrogens is 351 g/mol. The van der Waals surface area contributed by atoms with Crippen LogP contribution >= 0.6 is 0 Å². The lowest BCUT2D eigenvalue weighted by Crippen LogP contribution is -2.48. The second kappa shape index (κ2) is 8.12. The van der Waals surface area contributed by atoms with Crippen molar-refractivity contribution in [3.05, 3.63) is 71.6 Å². The van der Waals surface area contributed by atoms with E-state index in [1.54, 1.807) is 6.92 Å². The lowest BCUT2D eigenvalue weighted by Gasteiger charge is -2.33. The fourth-order valence-corrected chi connectivity index (χ4v) is 4.70. The highest BCUT2D eigenvalue weighted by molar-refractivity contribution is 7.89. The van der Waals surface area contributed by atoms with E-state index in [1.807, 2.05) is 30.3 Å². The molecule has 2 aromatic rings. The highest BCUT2D eigenvalue weighted by Crippen LogP contribution is 2.22. The van der Waals surface area contributed by atoms with Crippen molar-refractivity contribution < 1.29 is 12.8 Å². The summed E-state index contributed by atoms with van der Waals surface area (Å²) in [5.74, 6) is -0.529. The summed E-state index contributed by atoms with van der Waals surface area (Å²) < 4.78 is 40.5. The van der Waals surface area contributed by atoms with Crippen molar-refractivity contribution in [1.29, 1.82) is 0 Å². The Morgan fingerprint density at radius 2 is 1.73 bits per heavy atom. The molecule has 0 amide bonds. The Hall–Kier alpha value is -2.02. The molecule has 1 aliphatic rings. The highest BCUT2D eigenvalue weighted by Gasteiger charge is 2.29. The van der Waals surface area contributed by atoms with E-state index < -0.39 is 15.8 Å². The Morgan fingerprint density at radius 3 is 2.42 bits per heavy atom. The number of hydrogen-bond acceptors (Lipinski definition) is 3. The fourth-order valence-electron chi connectivity index (χ4n) is 3.05. The molecule has 0 saturated carbocycles. The Kier molecular flexibility index (Phi) is 5.86. The predicted octanol–water partition coefficient (Wildman–Crippen LogP) is 3.15. The molecule has 1 aliphatic heterocycles. The van der Waals surface area contributed by atoms with Crippen LogP contribution in [0.2, 0.25) is 0 Å². The molecule has 3 rings (SSSR count). The molecule has 0 unspecified atom stereocenters. The van der Waals surface area contributed by atoms with Gasteiger partial charge in [-0.15, -0.1) is 0 Å². The van der Waals surface area contributed by atoms with Crippen molar-refractivity contribution in [3.8, 4) is 0 Å². The Labute approximate surface area is 154 Å². The minimum absolute atomic E-state index is 0.0647. The molecule has 0 N–H and O–H groups in total. The second-order valence-corrected chi connectivity index (χ2v) is 8.33. The average Bonchev–Trinajstić information content (AvgIpc) is 2.65. The van der Waals surface area contributed by atoms with Crippen molar-refractivity contribution in [2.75, 3.05) is 32.7 Å². The van der Waals surface area contributed by atoms with Gasteiger partial charge >= 0.3 is 0 Å². The summed E-state index contributed by atoms with van der Waals surface area (Å²) in [6.07, 6.45) is 4.16. The van der Waals surface area contributed by atoms with Gasteiger partial charge in [0.05, 0.1) is 4.90 Å². The van der Waals surface area contributed by atoms with Crippen LogP contribution in [0.5, 0.6) is 0 Å². The summed E-state index contributed by atoms with van der Waals surface area (Å²) in [7, 11) is -3.65. The van der Waals surface area contributed by atoms with Crippen molar-refractivity contribution in [2.45, 2.75) is 11.8 Å². The van der Waals surface area contributed by atoms with Crippen molar-refractivity contribution in [1.82, 2.24) is 9.21 Å². The lowest BCUT2D eigenvalue weighted by molar-refractivity contribution is 0.204. The predicted molar refractivity (Wildman–Crippen MR) is 102 cm³/mol. The van der Waals surface area contributed by atoms with Gasteiger partial charge in [-0.05, 0) is 30.2 Å². The van der Waals surface area contributed by atoms with Gasteiger partial charge in [-0.1, -0.05) is 48.6 Å². The monoisotopic (exact) mass is 374 g/mol. The van der Waals surface area contributed by atoms with Crippen LogP contribution < -0.4 is 0 Å². The molecule has 1 fully saturated rings. The summed E-state index contributed by atoms with van der Waals surface area (Å²) in [5, 5.41) is 0. The van der Waals surface area contributed by atoms with E-state index in [9.17, 15) is 12.8 Å². The topological polar surface area (TPSA) is 40.6 Å². The number of benzene rings is 2. The summed E-state index contributed by atoms with van der Waals surface area (Å²) in [6.45, 7) is 4.62. The first kappa shape index (κ1) is 18.8. The van der Waals surface area contributed by atoms with E-state index in [2.05, 4.69) is 17.1 Å². The summed E-state index contributed by atoms with van der Waals surface area (Å²) in [4.78, 5) is 2.28. The first-order chi connectivity index (χ1) is 12.5. The van der Waals surface area contributed by atoms with Gasteiger partial charge in [0.2, 0.25) is 10.0 Å². The smallest absolute Gasteiger partial charge is 0.243 e. The first-order valence-electron chi connectivity index (χ1n) is 8.67. The third-order valence-corrected chi connectivity index (χ3v) is 6.61. The maximum atomic E-state index is 13.5. The van der Waals surface area contributed by atoms with E-state index in [1.165, 1.54) is 16.4 Å². The maximum absolute atomic E-state index is 13.5. The lowest BCUT2D eigenvalue weighted by atomic mass is 10.2. The van der Waals surface area contributed by atoms with E-state index in [-0.39, 0.29) is 4.90 Å². The second-order valence-electron chi connectivity index (χ2n) is 6.43. The van der Waals surface area contributed by atoms with Crippen molar-refractivity contribution in [3.63, 3.8) is 0 Å². The van der Waals surface area contributed by atoms with E-state index in [0.717, 1.165) is 18.2 Å². The molecule has 26 heavy (non-hydrogen) atoms. The molecule has 0 bridgehead atoms. The van der Waals surface area contributed by atoms with E-state index in [0.29, 0.717) is 31.7 Å². The zero-order valence-electron chi connectivity index (χ0n) is 14.8. The maximum Gasteiger partial charge on any atom is 0.243 e. The largest absolute Gasteiger partial charge is 0.297 e. The molecule has 4 nitrogen and oxygen atoms in total. The molecule has 138 valence electrons.